The predicted octanol–water partition coefficient (Wildman–Crippen LogP) is 1.47. The predicted molar refractivity (Wildman–Crippen MR) is 70.1 cm³/mol. The third-order valence-corrected chi connectivity index (χ3v) is 3.31. The molecule has 0 fully saturated rings. The molecule has 92 valence electrons. The average molecular weight is 242 g/mol. The summed E-state index contributed by atoms with van der Waals surface area (Å²) in [6, 6.07) is 5.93. The van der Waals surface area contributed by atoms with Crippen molar-refractivity contribution in [3.8, 4) is 11.3 Å². The first-order valence-electron chi connectivity index (χ1n) is 5.78. The van der Waals surface area contributed by atoms with Gasteiger partial charge in [-0.05, 0) is 24.6 Å². The molecule has 1 amide bonds. The third kappa shape index (κ3) is 1.48. The minimum Gasteiger partial charge on any atom is -0.369 e. The number of nitrogens with one attached hydrogen (secondary N) is 1. The summed E-state index contributed by atoms with van der Waals surface area (Å²) in [6.45, 7) is 1.93. The van der Waals surface area contributed by atoms with E-state index >= 15 is 0 Å². The molecular formula is C13H14N4O. The van der Waals surface area contributed by atoms with Crippen molar-refractivity contribution >= 4 is 17.5 Å². The van der Waals surface area contributed by atoms with E-state index in [1.54, 1.807) is 0 Å². The summed E-state index contributed by atoms with van der Waals surface area (Å²) >= 11 is 0. The lowest BCUT2D eigenvalue weighted by atomic mass is 10.0. The zero-order valence-corrected chi connectivity index (χ0v) is 10.3. The smallest absolute Gasteiger partial charge is 0.228 e. The number of imidazole rings is 1. The highest BCUT2D eigenvalue weighted by molar-refractivity contribution is 5.99. The molecular weight excluding hydrogens is 228 g/mol. The molecule has 1 aromatic heterocycles. The fourth-order valence-corrected chi connectivity index (χ4v) is 2.44. The summed E-state index contributed by atoms with van der Waals surface area (Å²) in [7, 11) is 1.89. The highest BCUT2D eigenvalue weighted by atomic mass is 16.1. The zero-order chi connectivity index (χ0) is 12.9. The Hall–Kier alpha value is -2.30. The second-order valence-electron chi connectivity index (χ2n) is 4.56. The van der Waals surface area contributed by atoms with E-state index < -0.39 is 0 Å². The minimum absolute atomic E-state index is 0.0448. The van der Waals surface area contributed by atoms with E-state index in [-0.39, 0.29) is 5.91 Å². The van der Waals surface area contributed by atoms with E-state index in [4.69, 9.17) is 5.73 Å². The Morgan fingerprint density at radius 2 is 2.22 bits per heavy atom. The number of benzene rings is 1. The normalized spacial score (nSPS) is 13.6. The van der Waals surface area contributed by atoms with Crippen molar-refractivity contribution in [2.75, 3.05) is 11.1 Å². The quantitative estimate of drug-likeness (QED) is 0.795. The fourth-order valence-electron chi connectivity index (χ4n) is 2.44. The number of carbonyl (C=O) groups is 1. The Morgan fingerprint density at radius 1 is 1.44 bits per heavy atom. The van der Waals surface area contributed by atoms with Crippen LogP contribution in [0.5, 0.6) is 0 Å². The van der Waals surface area contributed by atoms with Crippen LogP contribution in [-0.2, 0) is 18.3 Å². The first-order chi connectivity index (χ1) is 8.56. The maximum Gasteiger partial charge on any atom is 0.228 e. The fraction of sp³-hybridized carbons (Fsp3) is 0.231. The molecule has 0 saturated carbocycles. The largest absolute Gasteiger partial charge is 0.369 e. The molecule has 2 aromatic rings. The van der Waals surface area contributed by atoms with Gasteiger partial charge in [-0.25, -0.2) is 4.98 Å². The monoisotopic (exact) mass is 242 g/mol. The van der Waals surface area contributed by atoms with Crippen molar-refractivity contribution in [3.63, 3.8) is 0 Å². The van der Waals surface area contributed by atoms with Gasteiger partial charge in [0.15, 0.2) is 0 Å². The molecule has 1 aromatic carbocycles. The van der Waals surface area contributed by atoms with Gasteiger partial charge >= 0.3 is 0 Å². The Labute approximate surface area is 105 Å². The Bertz CT molecular complexity index is 657. The van der Waals surface area contributed by atoms with E-state index in [0.717, 1.165) is 28.2 Å². The van der Waals surface area contributed by atoms with Crippen molar-refractivity contribution in [2.24, 2.45) is 7.05 Å². The summed E-state index contributed by atoms with van der Waals surface area (Å²) < 4.78 is 1.86. The lowest BCUT2D eigenvalue weighted by Gasteiger charge is -2.07. The summed E-state index contributed by atoms with van der Waals surface area (Å²) in [5.74, 6) is 0.542. The van der Waals surface area contributed by atoms with Crippen LogP contribution >= 0.6 is 0 Å². The number of aromatic nitrogens is 2. The number of nitrogen functional groups attached to an aromatic ring is 1. The third-order valence-electron chi connectivity index (χ3n) is 3.31. The summed E-state index contributed by atoms with van der Waals surface area (Å²) in [5.41, 5.74) is 10.7. The van der Waals surface area contributed by atoms with Gasteiger partial charge in [0.05, 0.1) is 17.8 Å². The van der Waals surface area contributed by atoms with Crippen LogP contribution in [0.3, 0.4) is 0 Å². The van der Waals surface area contributed by atoms with Crippen molar-refractivity contribution in [1.29, 1.82) is 0 Å². The molecule has 0 bridgehead atoms. The standard InChI is InChI=1S/C13H14N4O/c1-7-12(17(2)13(14)15-7)8-3-4-10-9(5-8)6-11(18)16-10/h3-5H,6H2,1-2H3,(H2,14,15)(H,16,18). The van der Waals surface area contributed by atoms with Crippen LogP contribution in [0, 0.1) is 6.92 Å². The number of nitrogens with two attached hydrogens (primary N) is 1. The number of carbonyl (C=O) groups excluding carboxylic acids is 1. The lowest BCUT2D eigenvalue weighted by Crippen LogP contribution is -2.03. The first-order valence-corrected chi connectivity index (χ1v) is 5.78. The molecule has 0 saturated heterocycles. The van der Waals surface area contributed by atoms with Gasteiger partial charge in [0.25, 0.3) is 0 Å². The lowest BCUT2D eigenvalue weighted by molar-refractivity contribution is -0.115. The second kappa shape index (κ2) is 3.60. The van der Waals surface area contributed by atoms with Gasteiger partial charge < -0.3 is 15.6 Å². The van der Waals surface area contributed by atoms with Gasteiger partial charge in [-0.3, -0.25) is 4.79 Å². The first kappa shape index (κ1) is 10.8. The number of rotatable bonds is 1. The van der Waals surface area contributed by atoms with Crippen LogP contribution in [0.15, 0.2) is 18.2 Å². The molecule has 1 aliphatic rings. The molecule has 0 radical (unpaired) electrons. The van der Waals surface area contributed by atoms with Crippen LogP contribution in [0.1, 0.15) is 11.3 Å². The van der Waals surface area contributed by atoms with Crippen molar-refractivity contribution in [1.82, 2.24) is 9.55 Å². The van der Waals surface area contributed by atoms with Crippen molar-refractivity contribution in [2.45, 2.75) is 13.3 Å². The second-order valence-corrected chi connectivity index (χ2v) is 4.56. The summed E-state index contributed by atoms with van der Waals surface area (Å²) in [6.07, 6.45) is 0.440. The van der Waals surface area contributed by atoms with Gasteiger partial charge in [0.1, 0.15) is 0 Å². The molecule has 3 rings (SSSR count). The van der Waals surface area contributed by atoms with Crippen LogP contribution in [0.25, 0.3) is 11.3 Å². The topological polar surface area (TPSA) is 72.9 Å². The van der Waals surface area contributed by atoms with Gasteiger partial charge in [-0.1, -0.05) is 6.07 Å². The van der Waals surface area contributed by atoms with E-state index in [1.807, 2.05) is 36.7 Å². The molecule has 0 aliphatic carbocycles. The summed E-state index contributed by atoms with van der Waals surface area (Å²) in [5, 5.41) is 2.82. The molecule has 2 heterocycles. The molecule has 1 aliphatic heterocycles. The zero-order valence-electron chi connectivity index (χ0n) is 10.3. The van der Waals surface area contributed by atoms with E-state index in [9.17, 15) is 4.79 Å². The SMILES string of the molecule is Cc1nc(N)n(C)c1-c1ccc2c(c1)CC(=O)N2. The molecule has 5 nitrogen and oxygen atoms in total. The van der Waals surface area contributed by atoms with E-state index in [1.165, 1.54) is 0 Å². The number of hydrogen-bond donors (Lipinski definition) is 2. The van der Waals surface area contributed by atoms with Gasteiger partial charge in [0.2, 0.25) is 11.9 Å². The molecule has 0 spiro atoms. The molecule has 5 heteroatoms. The minimum atomic E-state index is 0.0448. The van der Waals surface area contributed by atoms with Gasteiger partial charge in [-0.15, -0.1) is 0 Å². The number of aryl methyl sites for hydroxylation is 1. The van der Waals surface area contributed by atoms with E-state index in [2.05, 4.69) is 10.3 Å². The average Bonchev–Trinajstić information content (AvgIpc) is 2.78. The van der Waals surface area contributed by atoms with Gasteiger partial charge in [-0.2, -0.15) is 0 Å². The Kier molecular flexibility index (Phi) is 2.16. The summed E-state index contributed by atoms with van der Waals surface area (Å²) in [4.78, 5) is 15.6. The van der Waals surface area contributed by atoms with Crippen LogP contribution in [0.2, 0.25) is 0 Å². The molecule has 3 N–H and O–H groups in total. The maximum absolute atomic E-state index is 11.3. The Balaban J connectivity index is 2.14. The van der Waals surface area contributed by atoms with Crippen molar-refractivity contribution in [3.05, 3.63) is 29.5 Å². The van der Waals surface area contributed by atoms with Crippen LogP contribution < -0.4 is 11.1 Å². The molecule has 0 atom stereocenters. The van der Waals surface area contributed by atoms with E-state index in [0.29, 0.717) is 12.4 Å². The highest BCUT2D eigenvalue weighted by Gasteiger charge is 2.19. The Morgan fingerprint density at radius 3 is 2.89 bits per heavy atom. The number of nitrogens with zero attached hydrogens (tertiary/aromatic N) is 2. The van der Waals surface area contributed by atoms with Crippen molar-refractivity contribution < 1.29 is 4.79 Å². The number of amides is 1. The maximum atomic E-state index is 11.3. The number of anilines is 2. The molecule has 0 unspecified atom stereocenters. The highest BCUT2D eigenvalue weighted by Crippen LogP contribution is 2.31. The van der Waals surface area contributed by atoms with Crippen LogP contribution in [-0.4, -0.2) is 15.5 Å². The number of hydrogen-bond acceptors (Lipinski definition) is 3. The molecule has 18 heavy (non-hydrogen) atoms. The van der Waals surface area contributed by atoms with Crippen LogP contribution in [0.4, 0.5) is 11.6 Å². The number of fused-ring (bicyclic) bond motifs is 1. The van der Waals surface area contributed by atoms with Gasteiger partial charge in [0, 0.05) is 18.3 Å².